The van der Waals surface area contributed by atoms with Crippen LogP contribution in [-0.2, 0) is 20.7 Å². The minimum absolute atomic E-state index is 0.0338. The summed E-state index contributed by atoms with van der Waals surface area (Å²) < 4.78 is 10.6. The largest absolute Gasteiger partial charge is 0.481 e. The van der Waals surface area contributed by atoms with Crippen molar-refractivity contribution < 1.29 is 24.0 Å². The van der Waals surface area contributed by atoms with Gasteiger partial charge in [-0.05, 0) is 19.4 Å². The normalized spacial score (nSPS) is 23.8. The Hall–Kier alpha value is -2.74. The molecule has 3 heterocycles. The second kappa shape index (κ2) is 7.35. The third-order valence-electron chi connectivity index (χ3n) is 5.68. The van der Waals surface area contributed by atoms with E-state index in [0.717, 1.165) is 11.1 Å². The number of aromatic nitrogens is 2. The van der Waals surface area contributed by atoms with Crippen LogP contribution in [0.4, 0.5) is 0 Å². The van der Waals surface area contributed by atoms with Crippen LogP contribution in [0.5, 0.6) is 0 Å². The summed E-state index contributed by atoms with van der Waals surface area (Å²) in [6, 6.07) is 7.87. The van der Waals surface area contributed by atoms with Crippen LogP contribution in [0.25, 0.3) is 11.4 Å². The van der Waals surface area contributed by atoms with Crippen molar-refractivity contribution in [3.05, 3.63) is 35.7 Å². The summed E-state index contributed by atoms with van der Waals surface area (Å²) >= 11 is 0. The molecule has 8 heteroatoms. The maximum absolute atomic E-state index is 12.5. The fourth-order valence-corrected chi connectivity index (χ4v) is 4.03. The average Bonchev–Trinajstić information content (AvgIpc) is 3.36. The molecule has 1 amide bonds. The van der Waals surface area contributed by atoms with Gasteiger partial charge in [-0.25, -0.2) is 0 Å². The lowest BCUT2D eigenvalue weighted by atomic mass is 9.81. The molecule has 1 N–H and O–H groups in total. The molecule has 2 fully saturated rings. The number of aliphatic carboxylic acids is 1. The van der Waals surface area contributed by atoms with Gasteiger partial charge in [0.15, 0.2) is 0 Å². The van der Waals surface area contributed by atoms with Crippen LogP contribution in [0.3, 0.4) is 0 Å². The Balaban J connectivity index is 1.30. The van der Waals surface area contributed by atoms with Crippen LogP contribution in [0, 0.1) is 18.3 Å². The van der Waals surface area contributed by atoms with Crippen molar-refractivity contribution in [3.63, 3.8) is 0 Å². The Morgan fingerprint density at radius 3 is 3.00 bits per heavy atom. The first kappa shape index (κ1) is 18.6. The summed E-state index contributed by atoms with van der Waals surface area (Å²) in [5.74, 6) is 0.00821. The molecule has 1 aromatic carbocycles. The zero-order valence-electron chi connectivity index (χ0n) is 15.8. The fraction of sp³-hybridized carbons (Fsp3) is 0.500. The number of amides is 1. The topological polar surface area (TPSA) is 106 Å². The minimum atomic E-state index is -0.940. The van der Waals surface area contributed by atoms with E-state index in [1.807, 2.05) is 31.2 Å². The summed E-state index contributed by atoms with van der Waals surface area (Å²) in [4.78, 5) is 30.2. The van der Waals surface area contributed by atoms with Crippen molar-refractivity contribution in [2.24, 2.45) is 11.3 Å². The monoisotopic (exact) mass is 385 g/mol. The standard InChI is InChI=1S/C20H23N3O5/c1-13-4-2-5-14(8-13)18-21-16(28-22-18)6-3-7-17(24)23-9-15-10-27-12-20(15,11-23)19(25)26/h2,4-5,8,15H,3,6-7,9-12H2,1H3,(H,25,26)/t15-,20-/m1/s1. The Morgan fingerprint density at radius 1 is 1.39 bits per heavy atom. The van der Waals surface area contributed by atoms with Crippen LogP contribution in [-0.4, -0.2) is 58.3 Å². The van der Waals surface area contributed by atoms with Gasteiger partial charge in [0.2, 0.25) is 17.6 Å². The van der Waals surface area contributed by atoms with Gasteiger partial charge in [-0.3, -0.25) is 9.59 Å². The number of hydrogen-bond acceptors (Lipinski definition) is 6. The zero-order valence-corrected chi connectivity index (χ0v) is 15.8. The third-order valence-corrected chi connectivity index (χ3v) is 5.68. The number of carbonyl (C=O) groups excluding carboxylic acids is 1. The number of likely N-dealkylation sites (tertiary alicyclic amines) is 1. The number of rotatable bonds is 6. The molecule has 2 aliphatic heterocycles. The van der Waals surface area contributed by atoms with Crippen LogP contribution >= 0.6 is 0 Å². The van der Waals surface area contributed by atoms with E-state index in [4.69, 9.17) is 9.26 Å². The van der Waals surface area contributed by atoms with Crippen molar-refractivity contribution in [2.45, 2.75) is 26.2 Å². The number of aryl methyl sites for hydroxylation is 2. The molecule has 0 bridgehead atoms. The lowest BCUT2D eigenvalue weighted by molar-refractivity contribution is -0.149. The lowest BCUT2D eigenvalue weighted by Gasteiger charge is -2.21. The molecule has 0 aliphatic carbocycles. The van der Waals surface area contributed by atoms with Crippen molar-refractivity contribution in [1.29, 1.82) is 0 Å². The molecule has 148 valence electrons. The van der Waals surface area contributed by atoms with E-state index in [-0.39, 0.29) is 25.0 Å². The van der Waals surface area contributed by atoms with Crippen molar-refractivity contribution >= 4 is 11.9 Å². The average molecular weight is 385 g/mol. The molecule has 8 nitrogen and oxygen atoms in total. The maximum Gasteiger partial charge on any atom is 0.314 e. The van der Waals surface area contributed by atoms with Gasteiger partial charge >= 0.3 is 5.97 Å². The van der Waals surface area contributed by atoms with E-state index in [0.29, 0.717) is 44.1 Å². The zero-order chi connectivity index (χ0) is 19.7. The van der Waals surface area contributed by atoms with E-state index in [2.05, 4.69) is 10.1 Å². The second-order valence-corrected chi connectivity index (χ2v) is 7.68. The molecule has 2 aromatic rings. The summed E-state index contributed by atoms with van der Waals surface area (Å²) in [6.07, 6.45) is 1.41. The molecule has 1 aromatic heterocycles. The highest BCUT2D eigenvalue weighted by Gasteiger charge is 2.57. The Labute approximate surface area is 162 Å². The third kappa shape index (κ3) is 3.40. The molecule has 2 atom stereocenters. The number of nitrogens with zero attached hydrogens (tertiary/aromatic N) is 3. The Kier molecular flexibility index (Phi) is 4.89. The minimum Gasteiger partial charge on any atom is -0.481 e. The molecule has 0 radical (unpaired) electrons. The van der Waals surface area contributed by atoms with Crippen LogP contribution in [0.2, 0.25) is 0 Å². The number of benzene rings is 1. The molecule has 2 saturated heterocycles. The molecule has 2 aliphatic rings. The maximum atomic E-state index is 12.5. The van der Waals surface area contributed by atoms with Gasteiger partial charge in [0, 0.05) is 37.4 Å². The lowest BCUT2D eigenvalue weighted by Crippen LogP contribution is -2.40. The molecule has 0 unspecified atom stereocenters. The first-order chi connectivity index (χ1) is 13.5. The van der Waals surface area contributed by atoms with Gasteiger partial charge in [0.1, 0.15) is 5.41 Å². The van der Waals surface area contributed by atoms with Gasteiger partial charge < -0.3 is 19.3 Å². The highest BCUT2D eigenvalue weighted by Crippen LogP contribution is 2.41. The van der Waals surface area contributed by atoms with E-state index in [1.165, 1.54) is 0 Å². The van der Waals surface area contributed by atoms with E-state index in [1.54, 1.807) is 4.90 Å². The first-order valence-corrected chi connectivity index (χ1v) is 9.46. The molecule has 28 heavy (non-hydrogen) atoms. The predicted octanol–water partition coefficient (Wildman–Crippen LogP) is 1.93. The van der Waals surface area contributed by atoms with Crippen LogP contribution in [0.15, 0.2) is 28.8 Å². The summed E-state index contributed by atoms with van der Waals surface area (Å²) in [7, 11) is 0. The quantitative estimate of drug-likeness (QED) is 0.810. The fourth-order valence-electron chi connectivity index (χ4n) is 4.03. The molecule has 0 saturated carbocycles. The summed E-state index contributed by atoms with van der Waals surface area (Å²) in [6.45, 7) is 3.26. The predicted molar refractivity (Wildman–Crippen MR) is 98.4 cm³/mol. The van der Waals surface area contributed by atoms with Gasteiger partial charge in [-0.15, -0.1) is 0 Å². The number of fused-ring (bicyclic) bond motifs is 1. The number of carboxylic acids is 1. The number of carbonyl (C=O) groups is 2. The number of carboxylic acid groups (broad SMARTS) is 1. The molecule has 4 rings (SSSR count). The smallest absolute Gasteiger partial charge is 0.314 e. The van der Waals surface area contributed by atoms with Crippen molar-refractivity contribution in [1.82, 2.24) is 15.0 Å². The van der Waals surface area contributed by atoms with Crippen molar-refractivity contribution in [3.8, 4) is 11.4 Å². The van der Waals surface area contributed by atoms with E-state index in [9.17, 15) is 14.7 Å². The highest BCUT2D eigenvalue weighted by molar-refractivity contribution is 5.81. The highest BCUT2D eigenvalue weighted by atomic mass is 16.5. The summed E-state index contributed by atoms with van der Waals surface area (Å²) in [5, 5.41) is 13.6. The summed E-state index contributed by atoms with van der Waals surface area (Å²) in [5.41, 5.74) is 1.08. The van der Waals surface area contributed by atoms with Gasteiger partial charge in [-0.1, -0.05) is 28.9 Å². The Bertz CT molecular complexity index is 895. The van der Waals surface area contributed by atoms with Gasteiger partial charge in [0.25, 0.3) is 0 Å². The number of hydrogen-bond donors (Lipinski definition) is 1. The second-order valence-electron chi connectivity index (χ2n) is 7.68. The first-order valence-electron chi connectivity index (χ1n) is 9.46. The van der Waals surface area contributed by atoms with Gasteiger partial charge in [0.05, 0.1) is 13.2 Å². The molecular formula is C20H23N3O5. The van der Waals surface area contributed by atoms with E-state index >= 15 is 0 Å². The van der Waals surface area contributed by atoms with Crippen LogP contribution < -0.4 is 0 Å². The molecule has 0 spiro atoms. The van der Waals surface area contributed by atoms with E-state index < -0.39 is 11.4 Å². The molecular weight excluding hydrogens is 362 g/mol. The Morgan fingerprint density at radius 2 is 2.25 bits per heavy atom. The SMILES string of the molecule is Cc1cccc(-c2noc(CCCC(=O)N3C[C@@H]4COC[C@]4(C(=O)O)C3)n2)c1. The van der Waals surface area contributed by atoms with Gasteiger partial charge in [-0.2, -0.15) is 4.98 Å². The van der Waals surface area contributed by atoms with Crippen molar-refractivity contribution in [2.75, 3.05) is 26.3 Å². The number of ether oxygens (including phenoxy) is 1. The van der Waals surface area contributed by atoms with Crippen LogP contribution in [0.1, 0.15) is 24.3 Å².